The summed E-state index contributed by atoms with van der Waals surface area (Å²) in [5.41, 5.74) is 0.595. The van der Waals surface area contributed by atoms with Crippen molar-refractivity contribution in [1.82, 2.24) is 9.80 Å². The molecule has 0 aliphatic carbocycles. The SMILES string of the molecule is CCOc1ccc(NC=C2C(=O)N(C)C(=O)N(C)C2=O)cc1. The highest BCUT2D eigenvalue weighted by Crippen LogP contribution is 2.18. The van der Waals surface area contributed by atoms with E-state index in [4.69, 9.17) is 4.74 Å². The van der Waals surface area contributed by atoms with Crippen LogP contribution < -0.4 is 10.1 Å². The van der Waals surface area contributed by atoms with Crippen LogP contribution in [0, 0.1) is 0 Å². The summed E-state index contributed by atoms with van der Waals surface area (Å²) in [6.45, 7) is 2.47. The minimum atomic E-state index is -0.645. The van der Waals surface area contributed by atoms with Crippen molar-refractivity contribution in [2.45, 2.75) is 6.92 Å². The smallest absolute Gasteiger partial charge is 0.333 e. The highest BCUT2D eigenvalue weighted by molar-refractivity contribution is 6.28. The molecule has 1 heterocycles. The van der Waals surface area contributed by atoms with E-state index in [2.05, 4.69) is 5.32 Å². The molecule has 0 aromatic heterocycles. The summed E-state index contributed by atoms with van der Waals surface area (Å²) < 4.78 is 5.33. The van der Waals surface area contributed by atoms with E-state index in [9.17, 15) is 14.4 Å². The van der Waals surface area contributed by atoms with Gasteiger partial charge in [-0.15, -0.1) is 0 Å². The third-order valence-corrected chi connectivity index (χ3v) is 3.19. The Morgan fingerprint density at radius 1 is 1.05 bits per heavy atom. The highest BCUT2D eigenvalue weighted by Gasteiger charge is 2.37. The molecular weight excluding hydrogens is 286 g/mol. The lowest BCUT2D eigenvalue weighted by molar-refractivity contribution is -0.134. The minimum absolute atomic E-state index is 0.0986. The molecule has 2 rings (SSSR count). The number of rotatable bonds is 4. The van der Waals surface area contributed by atoms with Crippen LogP contribution >= 0.6 is 0 Å². The quantitative estimate of drug-likeness (QED) is 0.672. The van der Waals surface area contributed by atoms with Crippen LogP contribution in [0.25, 0.3) is 0 Å². The summed E-state index contributed by atoms with van der Waals surface area (Å²) in [4.78, 5) is 37.4. The number of benzene rings is 1. The molecule has 0 radical (unpaired) electrons. The van der Waals surface area contributed by atoms with Crippen molar-refractivity contribution < 1.29 is 19.1 Å². The first-order chi connectivity index (χ1) is 10.5. The van der Waals surface area contributed by atoms with Crippen LogP contribution in [-0.4, -0.2) is 48.3 Å². The fourth-order valence-electron chi connectivity index (χ4n) is 1.94. The van der Waals surface area contributed by atoms with Crippen LogP contribution in [-0.2, 0) is 9.59 Å². The van der Waals surface area contributed by atoms with Crippen LogP contribution in [0.15, 0.2) is 36.0 Å². The monoisotopic (exact) mass is 303 g/mol. The zero-order valence-corrected chi connectivity index (χ0v) is 12.6. The number of imide groups is 2. The van der Waals surface area contributed by atoms with Crippen molar-refractivity contribution in [3.63, 3.8) is 0 Å². The van der Waals surface area contributed by atoms with E-state index < -0.39 is 17.8 Å². The van der Waals surface area contributed by atoms with Gasteiger partial charge in [-0.25, -0.2) is 4.79 Å². The Bertz CT molecular complexity index is 611. The predicted octanol–water partition coefficient (Wildman–Crippen LogP) is 1.43. The number of amides is 4. The lowest BCUT2D eigenvalue weighted by Crippen LogP contribution is -2.53. The molecule has 1 aromatic carbocycles. The number of ether oxygens (including phenoxy) is 1. The first-order valence-corrected chi connectivity index (χ1v) is 6.75. The van der Waals surface area contributed by atoms with Crippen LogP contribution in [0.2, 0.25) is 0 Å². The van der Waals surface area contributed by atoms with Crippen LogP contribution in [0.3, 0.4) is 0 Å². The Balaban J connectivity index is 2.16. The number of hydrogen-bond acceptors (Lipinski definition) is 5. The maximum atomic E-state index is 12.0. The van der Waals surface area contributed by atoms with E-state index in [1.54, 1.807) is 24.3 Å². The molecule has 0 saturated carbocycles. The summed E-state index contributed by atoms with van der Waals surface area (Å²) in [7, 11) is 2.66. The van der Waals surface area contributed by atoms with Crippen LogP contribution in [0.1, 0.15) is 6.92 Å². The summed E-state index contributed by atoms with van der Waals surface area (Å²) >= 11 is 0. The van der Waals surface area contributed by atoms with Gasteiger partial charge in [0.15, 0.2) is 0 Å². The zero-order chi connectivity index (χ0) is 16.3. The molecule has 1 fully saturated rings. The van der Waals surface area contributed by atoms with Crippen molar-refractivity contribution in [3.8, 4) is 5.75 Å². The maximum Gasteiger partial charge on any atom is 0.333 e. The van der Waals surface area contributed by atoms with E-state index in [1.807, 2.05) is 6.92 Å². The topological polar surface area (TPSA) is 79.0 Å². The summed E-state index contributed by atoms with van der Waals surface area (Å²) in [6.07, 6.45) is 1.31. The van der Waals surface area contributed by atoms with Gasteiger partial charge in [-0.3, -0.25) is 19.4 Å². The van der Waals surface area contributed by atoms with Gasteiger partial charge < -0.3 is 10.1 Å². The molecule has 1 aromatic rings. The van der Waals surface area contributed by atoms with Gasteiger partial charge >= 0.3 is 6.03 Å². The second-order valence-electron chi connectivity index (χ2n) is 4.67. The first-order valence-electron chi connectivity index (χ1n) is 6.75. The number of nitrogens with one attached hydrogen (secondary N) is 1. The van der Waals surface area contributed by atoms with Gasteiger partial charge in [0.2, 0.25) is 0 Å². The lowest BCUT2D eigenvalue weighted by atomic mass is 10.2. The highest BCUT2D eigenvalue weighted by atomic mass is 16.5. The molecule has 0 atom stereocenters. The van der Waals surface area contributed by atoms with Gasteiger partial charge in [-0.1, -0.05) is 0 Å². The lowest BCUT2D eigenvalue weighted by Gasteiger charge is -2.28. The van der Waals surface area contributed by atoms with Crippen molar-refractivity contribution in [3.05, 3.63) is 36.0 Å². The molecule has 4 amide bonds. The third-order valence-electron chi connectivity index (χ3n) is 3.19. The van der Waals surface area contributed by atoms with E-state index in [0.29, 0.717) is 12.3 Å². The summed E-state index contributed by atoms with van der Waals surface area (Å²) in [5, 5.41) is 2.88. The van der Waals surface area contributed by atoms with Crippen molar-refractivity contribution in [1.29, 1.82) is 0 Å². The molecule has 1 aliphatic rings. The van der Waals surface area contributed by atoms with Gasteiger partial charge in [0.05, 0.1) is 6.61 Å². The standard InChI is InChI=1S/C15H17N3O4/c1-4-22-11-7-5-10(6-8-11)16-9-12-13(19)17(2)15(21)18(3)14(12)20/h5-9,16H,4H2,1-3H3. The van der Waals surface area contributed by atoms with E-state index in [0.717, 1.165) is 15.5 Å². The third kappa shape index (κ3) is 2.93. The van der Waals surface area contributed by atoms with Gasteiger partial charge in [0, 0.05) is 26.0 Å². The number of likely N-dealkylation sites (N-methyl/N-ethyl adjacent to an activating group) is 2. The Morgan fingerprint density at radius 2 is 1.59 bits per heavy atom. The van der Waals surface area contributed by atoms with Gasteiger partial charge in [0.25, 0.3) is 11.8 Å². The molecular formula is C15H17N3O4. The van der Waals surface area contributed by atoms with Gasteiger partial charge in [0.1, 0.15) is 11.3 Å². The number of barbiturate groups is 1. The number of hydrogen-bond donors (Lipinski definition) is 1. The number of carbonyl (C=O) groups excluding carboxylic acids is 3. The maximum absolute atomic E-state index is 12.0. The second-order valence-corrected chi connectivity index (χ2v) is 4.67. The van der Waals surface area contributed by atoms with Crippen molar-refractivity contribution in [2.75, 3.05) is 26.0 Å². The molecule has 1 aliphatic heterocycles. The van der Waals surface area contributed by atoms with E-state index in [-0.39, 0.29) is 5.57 Å². The molecule has 0 unspecified atom stereocenters. The minimum Gasteiger partial charge on any atom is -0.494 e. The molecule has 0 bridgehead atoms. The number of urea groups is 1. The Morgan fingerprint density at radius 3 is 2.09 bits per heavy atom. The average molecular weight is 303 g/mol. The number of carbonyl (C=O) groups is 3. The Labute approximate surface area is 128 Å². The molecule has 22 heavy (non-hydrogen) atoms. The summed E-state index contributed by atoms with van der Waals surface area (Å²) in [5.74, 6) is -0.534. The average Bonchev–Trinajstić information content (AvgIpc) is 2.53. The zero-order valence-electron chi connectivity index (χ0n) is 12.6. The van der Waals surface area contributed by atoms with Gasteiger partial charge in [-0.05, 0) is 31.2 Å². The fourth-order valence-corrected chi connectivity index (χ4v) is 1.94. The largest absolute Gasteiger partial charge is 0.494 e. The predicted molar refractivity (Wildman–Crippen MR) is 80.3 cm³/mol. The molecule has 1 N–H and O–H groups in total. The summed E-state index contributed by atoms with van der Waals surface area (Å²) in [6, 6.07) is 6.43. The van der Waals surface area contributed by atoms with Crippen LogP contribution in [0.4, 0.5) is 10.5 Å². The van der Waals surface area contributed by atoms with E-state index in [1.165, 1.54) is 20.3 Å². The molecule has 0 spiro atoms. The number of nitrogens with zero attached hydrogens (tertiary/aromatic N) is 2. The van der Waals surface area contributed by atoms with Gasteiger partial charge in [-0.2, -0.15) is 0 Å². The molecule has 116 valence electrons. The van der Waals surface area contributed by atoms with E-state index >= 15 is 0 Å². The molecule has 7 heteroatoms. The normalized spacial score (nSPS) is 15.2. The Hall–Kier alpha value is -2.83. The van der Waals surface area contributed by atoms with Crippen LogP contribution in [0.5, 0.6) is 5.75 Å². The molecule has 7 nitrogen and oxygen atoms in total. The number of anilines is 1. The second kappa shape index (κ2) is 6.30. The first kappa shape index (κ1) is 15.6. The fraction of sp³-hybridized carbons (Fsp3) is 0.267. The van der Waals surface area contributed by atoms with Crippen molar-refractivity contribution >= 4 is 23.5 Å². The molecule has 1 saturated heterocycles. The van der Waals surface area contributed by atoms with Crippen molar-refractivity contribution in [2.24, 2.45) is 0 Å². The Kier molecular flexibility index (Phi) is 4.45.